The maximum atomic E-state index is 12.4. The fraction of sp³-hybridized carbons (Fsp3) is 0.400. The highest BCUT2D eigenvalue weighted by Gasteiger charge is 2.30. The molecule has 1 aromatic heterocycles. The van der Waals surface area contributed by atoms with E-state index in [1.807, 2.05) is 0 Å². The number of nitrogens with zero attached hydrogens (tertiary/aromatic N) is 3. The molecule has 2 atom stereocenters. The molecule has 0 aliphatic carbocycles. The molecule has 0 saturated carbocycles. The van der Waals surface area contributed by atoms with Crippen LogP contribution in [0.1, 0.15) is 11.6 Å². The Hall–Kier alpha value is -2.12. The Morgan fingerprint density at radius 2 is 2.39 bits per heavy atom. The molecule has 0 unspecified atom stereocenters. The Labute approximate surface area is 139 Å². The average molecular weight is 336 g/mol. The zero-order valence-corrected chi connectivity index (χ0v) is 13.5. The molecule has 7 nitrogen and oxygen atoms in total. The smallest absolute Gasteiger partial charge is 0.224 e. The molecule has 1 amide bonds. The van der Waals surface area contributed by atoms with Gasteiger partial charge in [0.1, 0.15) is 5.75 Å². The van der Waals surface area contributed by atoms with Gasteiger partial charge in [0.15, 0.2) is 0 Å². The van der Waals surface area contributed by atoms with E-state index in [1.165, 1.54) is 0 Å². The number of aromatic nitrogens is 3. The zero-order valence-electron chi connectivity index (χ0n) is 12.7. The monoisotopic (exact) mass is 335 g/mol. The van der Waals surface area contributed by atoms with Crippen LogP contribution in [-0.2, 0) is 11.2 Å². The molecule has 0 bridgehead atoms. The Morgan fingerprint density at radius 1 is 1.52 bits per heavy atom. The Morgan fingerprint density at radius 3 is 3.13 bits per heavy atom. The van der Waals surface area contributed by atoms with E-state index in [9.17, 15) is 4.79 Å². The fourth-order valence-corrected chi connectivity index (χ4v) is 3.04. The van der Waals surface area contributed by atoms with Crippen molar-refractivity contribution in [3.8, 4) is 5.75 Å². The van der Waals surface area contributed by atoms with E-state index in [-0.39, 0.29) is 24.4 Å². The van der Waals surface area contributed by atoms with Gasteiger partial charge in [0.05, 0.1) is 31.8 Å². The largest absolute Gasteiger partial charge is 0.496 e. The van der Waals surface area contributed by atoms with Crippen LogP contribution in [0.2, 0.25) is 5.02 Å². The minimum absolute atomic E-state index is 0.0438. The number of carbonyl (C=O) groups excluding carboxylic acids is 1. The molecule has 1 aromatic carbocycles. The predicted molar refractivity (Wildman–Crippen MR) is 85.6 cm³/mol. The summed E-state index contributed by atoms with van der Waals surface area (Å²) in [4.78, 5) is 12.4. The summed E-state index contributed by atoms with van der Waals surface area (Å²) in [5, 5.41) is 14.7. The van der Waals surface area contributed by atoms with Crippen LogP contribution in [0.5, 0.6) is 5.75 Å². The summed E-state index contributed by atoms with van der Waals surface area (Å²) in [5.74, 6) is 0.514. The third-order valence-corrected chi connectivity index (χ3v) is 4.30. The van der Waals surface area contributed by atoms with Crippen LogP contribution in [0.25, 0.3) is 0 Å². The predicted octanol–water partition coefficient (Wildman–Crippen LogP) is 0.812. The standard InChI is InChI=1S/C15H18ClN5O2/c1-23-14-4-2-3-11(16)10(14)7-15(22)19-12-8-17-9-13(12)21-6-5-18-20-21/h2-6,12-13,17H,7-9H2,1H3,(H,19,22)/t12-,13+/m1/s1. The van der Waals surface area contributed by atoms with Crippen molar-refractivity contribution in [1.82, 2.24) is 25.6 Å². The number of benzene rings is 1. The second-order valence-corrected chi connectivity index (χ2v) is 5.79. The summed E-state index contributed by atoms with van der Waals surface area (Å²) in [5.41, 5.74) is 0.692. The minimum Gasteiger partial charge on any atom is -0.496 e. The molecule has 1 fully saturated rings. The maximum absolute atomic E-state index is 12.4. The SMILES string of the molecule is COc1cccc(Cl)c1CC(=O)N[C@@H]1CNC[C@@H]1n1ccnn1. The number of methoxy groups -OCH3 is 1. The molecule has 8 heteroatoms. The van der Waals surface area contributed by atoms with Gasteiger partial charge in [0, 0.05) is 29.9 Å². The van der Waals surface area contributed by atoms with Crippen LogP contribution >= 0.6 is 11.6 Å². The lowest BCUT2D eigenvalue weighted by Gasteiger charge is -2.20. The van der Waals surface area contributed by atoms with Crippen LogP contribution in [0.4, 0.5) is 0 Å². The van der Waals surface area contributed by atoms with E-state index in [0.717, 1.165) is 6.54 Å². The number of rotatable bonds is 5. The van der Waals surface area contributed by atoms with Crippen LogP contribution in [-0.4, -0.2) is 47.1 Å². The van der Waals surface area contributed by atoms with Gasteiger partial charge in [-0.2, -0.15) is 0 Å². The molecule has 2 heterocycles. The van der Waals surface area contributed by atoms with Gasteiger partial charge in [-0.1, -0.05) is 22.9 Å². The Kier molecular flexibility index (Phi) is 4.78. The summed E-state index contributed by atoms with van der Waals surface area (Å²) < 4.78 is 7.04. The molecule has 23 heavy (non-hydrogen) atoms. The molecule has 3 rings (SSSR count). The lowest BCUT2D eigenvalue weighted by molar-refractivity contribution is -0.121. The van der Waals surface area contributed by atoms with E-state index >= 15 is 0 Å². The van der Waals surface area contributed by atoms with Crippen molar-refractivity contribution in [3.63, 3.8) is 0 Å². The number of amides is 1. The molecular formula is C15H18ClN5O2. The Bertz CT molecular complexity index is 677. The molecule has 2 N–H and O–H groups in total. The second-order valence-electron chi connectivity index (χ2n) is 5.38. The van der Waals surface area contributed by atoms with Crippen LogP contribution in [0, 0.1) is 0 Å². The zero-order chi connectivity index (χ0) is 16.2. The fourth-order valence-electron chi connectivity index (χ4n) is 2.80. The molecule has 1 saturated heterocycles. The van der Waals surface area contributed by atoms with Crippen molar-refractivity contribution in [2.45, 2.75) is 18.5 Å². The van der Waals surface area contributed by atoms with Crippen molar-refractivity contribution >= 4 is 17.5 Å². The van der Waals surface area contributed by atoms with Gasteiger partial charge in [-0.3, -0.25) is 4.79 Å². The summed E-state index contributed by atoms with van der Waals surface area (Å²) in [6.45, 7) is 1.43. The van der Waals surface area contributed by atoms with Crippen LogP contribution < -0.4 is 15.4 Å². The summed E-state index contributed by atoms with van der Waals surface area (Å²) in [6.07, 6.45) is 3.60. The molecule has 0 radical (unpaired) electrons. The van der Waals surface area contributed by atoms with Gasteiger partial charge >= 0.3 is 0 Å². The van der Waals surface area contributed by atoms with E-state index in [4.69, 9.17) is 16.3 Å². The van der Waals surface area contributed by atoms with Crippen LogP contribution in [0.3, 0.4) is 0 Å². The van der Waals surface area contributed by atoms with Crippen molar-refractivity contribution in [2.24, 2.45) is 0 Å². The topological polar surface area (TPSA) is 81.1 Å². The van der Waals surface area contributed by atoms with Gasteiger partial charge < -0.3 is 15.4 Å². The van der Waals surface area contributed by atoms with E-state index in [2.05, 4.69) is 20.9 Å². The molecular weight excluding hydrogens is 318 g/mol. The van der Waals surface area contributed by atoms with Gasteiger partial charge in [0.25, 0.3) is 0 Å². The third kappa shape index (κ3) is 3.46. The number of nitrogens with one attached hydrogen (secondary N) is 2. The number of ether oxygens (including phenoxy) is 1. The van der Waals surface area contributed by atoms with E-state index < -0.39 is 0 Å². The lowest BCUT2D eigenvalue weighted by atomic mass is 10.1. The summed E-state index contributed by atoms with van der Waals surface area (Å²) in [6, 6.07) is 5.35. The molecule has 1 aliphatic heterocycles. The van der Waals surface area contributed by atoms with E-state index in [0.29, 0.717) is 22.9 Å². The normalized spacial score (nSPS) is 20.4. The van der Waals surface area contributed by atoms with Crippen LogP contribution in [0.15, 0.2) is 30.6 Å². The van der Waals surface area contributed by atoms with E-state index in [1.54, 1.807) is 42.4 Å². The van der Waals surface area contributed by atoms with Crippen molar-refractivity contribution in [2.75, 3.05) is 20.2 Å². The lowest BCUT2D eigenvalue weighted by Crippen LogP contribution is -2.42. The average Bonchev–Trinajstić information content (AvgIpc) is 3.20. The van der Waals surface area contributed by atoms with Gasteiger partial charge in [-0.25, -0.2) is 4.68 Å². The molecule has 0 spiro atoms. The van der Waals surface area contributed by atoms with Crippen molar-refractivity contribution in [3.05, 3.63) is 41.2 Å². The highest BCUT2D eigenvalue weighted by Crippen LogP contribution is 2.26. The number of hydrogen-bond acceptors (Lipinski definition) is 5. The highest BCUT2D eigenvalue weighted by molar-refractivity contribution is 6.31. The van der Waals surface area contributed by atoms with Gasteiger partial charge in [-0.15, -0.1) is 5.10 Å². The molecule has 2 aromatic rings. The highest BCUT2D eigenvalue weighted by atomic mass is 35.5. The van der Waals surface area contributed by atoms with Crippen molar-refractivity contribution < 1.29 is 9.53 Å². The maximum Gasteiger partial charge on any atom is 0.224 e. The Balaban J connectivity index is 1.68. The summed E-state index contributed by atoms with van der Waals surface area (Å²) in [7, 11) is 1.56. The number of hydrogen-bond donors (Lipinski definition) is 2. The second kappa shape index (κ2) is 6.97. The third-order valence-electron chi connectivity index (χ3n) is 3.94. The first-order valence-corrected chi connectivity index (χ1v) is 7.74. The summed E-state index contributed by atoms with van der Waals surface area (Å²) >= 11 is 6.18. The quantitative estimate of drug-likeness (QED) is 0.845. The molecule has 122 valence electrons. The molecule has 1 aliphatic rings. The van der Waals surface area contributed by atoms with Gasteiger partial charge in [-0.05, 0) is 12.1 Å². The minimum atomic E-state index is -0.102. The number of carbonyl (C=O) groups is 1. The first kappa shape index (κ1) is 15.8. The van der Waals surface area contributed by atoms with Gasteiger partial charge in [0.2, 0.25) is 5.91 Å². The number of halogens is 1. The van der Waals surface area contributed by atoms with Crippen molar-refractivity contribution in [1.29, 1.82) is 0 Å². The first-order valence-electron chi connectivity index (χ1n) is 7.36. The first-order chi connectivity index (χ1) is 11.2.